The predicted molar refractivity (Wildman–Crippen MR) is 80.3 cm³/mol. The van der Waals surface area contributed by atoms with E-state index in [-0.39, 0.29) is 24.6 Å². The van der Waals surface area contributed by atoms with Gasteiger partial charge in [0.05, 0.1) is 12.6 Å². The van der Waals surface area contributed by atoms with Crippen LogP contribution >= 0.6 is 0 Å². The number of hydroxylamine groups is 2. The molecule has 6 nitrogen and oxygen atoms in total. The average Bonchev–Trinajstić information content (AvgIpc) is 2.98. The van der Waals surface area contributed by atoms with Crippen molar-refractivity contribution in [3.05, 3.63) is 30.1 Å². The zero-order valence-electron chi connectivity index (χ0n) is 12.6. The molecular weight excluding hydrogens is 303 g/mol. The van der Waals surface area contributed by atoms with Gasteiger partial charge in [0.15, 0.2) is 0 Å². The van der Waals surface area contributed by atoms with E-state index in [1.807, 2.05) is 0 Å². The maximum Gasteiger partial charge on any atom is 0.338 e. The average molecular weight is 322 g/mol. The Bertz CT molecular complexity index is 582. The van der Waals surface area contributed by atoms with E-state index in [9.17, 15) is 9.18 Å². The van der Waals surface area contributed by atoms with E-state index < -0.39 is 6.03 Å². The van der Waals surface area contributed by atoms with Gasteiger partial charge in [-0.2, -0.15) is 0 Å². The van der Waals surface area contributed by atoms with Crippen LogP contribution in [0.3, 0.4) is 0 Å². The molecule has 2 atom stereocenters. The zero-order chi connectivity index (χ0) is 16.7. The number of primary amides is 1. The van der Waals surface area contributed by atoms with Crippen molar-refractivity contribution in [3.63, 3.8) is 0 Å². The molecule has 3 N–H and O–H groups in total. The summed E-state index contributed by atoms with van der Waals surface area (Å²) in [6.07, 6.45) is 1.70. The van der Waals surface area contributed by atoms with Crippen LogP contribution in [-0.2, 0) is 4.74 Å². The zero-order valence-corrected chi connectivity index (χ0v) is 12.6. The summed E-state index contributed by atoms with van der Waals surface area (Å²) in [6, 6.07) is 4.93. The fourth-order valence-electron chi connectivity index (χ4n) is 2.11. The summed E-state index contributed by atoms with van der Waals surface area (Å²) < 4.78 is 24.0. The van der Waals surface area contributed by atoms with Gasteiger partial charge < -0.3 is 15.2 Å². The van der Waals surface area contributed by atoms with E-state index in [1.54, 1.807) is 12.1 Å². The molecule has 2 amide bonds. The van der Waals surface area contributed by atoms with E-state index in [1.165, 1.54) is 12.1 Å². The Morgan fingerprint density at radius 2 is 2.17 bits per heavy atom. The molecule has 1 heterocycles. The maximum atomic E-state index is 12.8. The molecule has 0 radical (unpaired) electrons. The first kappa shape index (κ1) is 17.1. The standard InChI is InChI=1S/C16H19FN2O4/c17-12-4-6-13(7-5-12)22-11-15-9-8-14(23-15)3-1-2-10-19(21)16(18)20/h4-7,14-15,21H,2,8-11H2,(H2,18,20)/t14-,15-/m1/s1. The van der Waals surface area contributed by atoms with Gasteiger partial charge in [-0.25, -0.2) is 14.2 Å². The van der Waals surface area contributed by atoms with Crippen LogP contribution < -0.4 is 10.5 Å². The quantitative estimate of drug-likeness (QED) is 0.493. The van der Waals surface area contributed by atoms with E-state index in [0.29, 0.717) is 23.8 Å². The first-order valence-electron chi connectivity index (χ1n) is 7.32. The molecule has 0 unspecified atom stereocenters. The van der Waals surface area contributed by atoms with Crippen molar-refractivity contribution in [3.8, 4) is 17.6 Å². The summed E-state index contributed by atoms with van der Waals surface area (Å²) in [5.74, 6) is 6.08. The molecule has 7 heteroatoms. The first-order valence-corrected chi connectivity index (χ1v) is 7.32. The van der Waals surface area contributed by atoms with Crippen LogP contribution in [0, 0.1) is 17.7 Å². The molecule has 0 saturated carbocycles. The Morgan fingerprint density at radius 1 is 1.43 bits per heavy atom. The summed E-state index contributed by atoms with van der Waals surface area (Å²) in [7, 11) is 0. The summed E-state index contributed by atoms with van der Waals surface area (Å²) >= 11 is 0. The third-order valence-corrected chi connectivity index (χ3v) is 3.32. The molecule has 1 saturated heterocycles. The number of ether oxygens (including phenoxy) is 2. The van der Waals surface area contributed by atoms with Crippen molar-refractivity contribution < 1.29 is 23.9 Å². The number of carbonyl (C=O) groups excluding carboxylic acids is 1. The third-order valence-electron chi connectivity index (χ3n) is 3.32. The highest BCUT2D eigenvalue weighted by Crippen LogP contribution is 2.20. The van der Waals surface area contributed by atoms with Gasteiger partial charge in [-0.3, -0.25) is 5.21 Å². The van der Waals surface area contributed by atoms with Crippen LogP contribution in [0.5, 0.6) is 5.75 Å². The third kappa shape index (κ3) is 5.77. The van der Waals surface area contributed by atoms with Crippen LogP contribution in [0.2, 0.25) is 0 Å². The number of carbonyl (C=O) groups is 1. The molecule has 1 aliphatic heterocycles. The molecule has 0 bridgehead atoms. The fraction of sp³-hybridized carbons (Fsp3) is 0.438. The molecule has 1 fully saturated rings. The number of nitrogens with zero attached hydrogens (tertiary/aromatic N) is 1. The van der Waals surface area contributed by atoms with Crippen molar-refractivity contribution in [2.24, 2.45) is 5.73 Å². The largest absolute Gasteiger partial charge is 0.491 e. The lowest BCUT2D eigenvalue weighted by Gasteiger charge is -2.12. The van der Waals surface area contributed by atoms with Gasteiger partial charge in [-0.05, 0) is 37.1 Å². The van der Waals surface area contributed by atoms with Crippen LogP contribution in [-0.4, -0.2) is 41.7 Å². The molecule has 124 valence electrons. The summed E-state index contributed by atoms with van der Waals surface area (Å²) in [4.78, 5) is 10.6. The number of amides is 2. The molecule has 1 aliphatic rings. The Labute approximate surface area is 133 Å². The number of nitrogens with two attached hydrogens (primary N) is 1. The topological polar surface area (TPSA) is 85.0 Å². The number of hydrogen-bond donors (Lipinski definition) is 2. The molecular formula is C16H19FN2O4. The number of hydrogen-bond acceptors (Lipinski definition) is 4. The lowest BCUT2D eigenvalue weighted by Crippen LogP contribution is -2.33. The monoisotopic (exact) mass is 322 g/mol. The Hall–Kier alpha value is -2.30. The smallest absolute Gasteiger partial charge is 0.338 e. The van der Waals surface area contributed by atoms with Crippen molar-refractivity contribution in [1.29, 1.82) is 0 Å². The maximum absolute atomic E-state index is 12.8. The molecule has 23 heavy (non-hydrogen) atoms. The fourth-order valence-corrected chi connectivity index (χ4v) is 2.11. The second kappa shape index (κ2) is 8.36. The Morgan fingerprint density at radius 3 is 2.87 bits per heavy atom. The molecule has 1 aromatic rings. The molecule has 2 rings (SSSR count). The van der Waals surface area contributed by atoms with E-state index in [0.717, 1.165) is 12.8 Å². The van der Waals surface area contributed by atoms with Gasteiger partial charge in [0.25, 0.3) is 0 Å². The predicted octanol–water partition coefficient (Wildman–Crippen LogP) is 1.92. The lowest BCUT2D eigenvalue weighted by atomic mass is 10.2. The van der Waals surface area contributed by atoms with E-state index in [4.69, 9.17) is 20.4 Å². The van der Waals surface area contributed by atoms with Crippen molar-refractivity contribution in [2.75, 3.05) is 13.2 Å². The van der Waals surface area contributed by atoms with Gasteiger partial charge in [0.1, 0.15) is 24.3 Å². The summed E-state index contributed by atoms with van der Waals surface area (Å²) in [5.41, 5.74) is 4.88. The number of rotatable bonds is 5. The van der Waals surface area contributed by atoms with Gasteiger partial charge >= 0.3 is 6.03 Å². The minimum atomic E-state index is -0.901. The Balaban J connectivity index is 1.68. The minimum Gasteiger partial charge on any atom is -0.491 e. The highest BCUT2D eigenvalue weighted by molar-refractivity contribution is 5.70. The normalized spacial score (nSPS) is 19.7. The van der Waals surface area contributed by atoms with E-state index >= 15 is 0 Å². The van der Waals surface area contributed by atoms with Crippen molar-refractivity contribution in [1.82, 2.24) is 5.06 Å². The molecule has 1 aromatic carbocycles. The van der Waals surface area contributed by atoms with Crippen LogP contribution in [0.15, 0.2) is 24.3 Å². The number of benzene rings is 1. The van der Waals surface area contributed by atoms with Crippen LogP contribution in [0.25, 0.3) is 0 Å². The van der Waals surface area contributed by atoms with Crippen LogP contribution in [0.4, 0.5) is 9.18 Å². The van der Waals surface area contributed by atoms with Crippen molar-refractivity contribution >= 4 is 6.03 Å². The molecule has 0 aliphatic carbocycles. The first-order chi connectivity index (χ1) is 11.0. The summed E-state index contributed by atoms with van der Waals surface area (Å²) in [5, 5.41) is 9.50. The molecule has 0 aromatic heterocycles. The highest BCUT2D eigenvalue weighted by atomic mass is 19.1. The van der Waals surface area contributed by atoms with Crippen LogP contribution in [0.1, 0.15) is 19.3 Å². The SMILES string of the molecule is NC(=O)N(O)CCC#C[C@@H]1CC[C@H](COc2ccc(F)cc2)O1. The second-order valence-corrected chi connectivity index (χ2v) is 5.12. The Kier molecular flexibility index (Phi) is 6.20. The van der Waals surface area contributed by atoms with E-state index in [2.05, 4.69) is 11.8 Å². The number of urea groups is 1. The minimum absolute atomic E-state index is 0.0562. The van der Waals surface area contributed by atoms with Gasteiger partial charge in [0.2, 0.25) is 0 Å². The van der Waals surface area contributed by atoms with Crippen molar-refractivity contribution in [2.45, 2.75) is 31.5 Å². The second-order valence-electron chi connectivity index (χ2n) is 5.12. The highest BCUT2D eigenvalue weighted by Gasteiger charge is 2.24. The number of halogens is 1. The van der Waals surface area contributed by atoms with Gasteiger partial charge in [-0.1, -0.05) is 11.8 Å². The van der Waals surface area contributed by atoms with Gasteiger partial charge in [0, 0.05) is 6.42 Å². The summed E-state index contributed by atoms with van der Waals surface area (Å²) in [6.45, 7) is 0.446. The molecule has 0 spiro atoms. The van der Waals surface area contributed by atoms with Gasteiger partial charge in [-0.15, -0.1) is 0 Å². The lowest BCUT2D eigenvalue weighted by molar-refractivity contribution is -0.0373.